The summed E-state index contributed by atoms with van der Waals surface area (Å²) in [5.41, 5.74) is 1.80. The van der Waals surface area contributed by atoms with Gasteiger partial charge in [-0.05, 0) is 70.9 Å². The smallest absolute Gasteiger partial charge is 0.417 e. The van der Waals surface area contributed by atoms with Gasteiger partial charge in [-0.25, -0.2) is 13.8 Å². The van der Waals surface area contributed by atoms with Crippen LogP contribution in [-0.2, 0) is 21.0 Å². The zero-order chi connectivity index (χ0) is 29.0. The number of rotatable bonds is 9. The number of sulfonamides is 1. The highest BCUT2D eigenvalue weighted by Crippen LogP contribution is 2.38. The SMILES string of the molecule is COc1cc(/C=N\NC(=O)CN(c2ccc(Cl)c(C(F)(F)F)c2)S(=O)(=O)c2ccc(C)cc2)cc(Br)c1OC. The summed E-state index contributed by atoms with van der Waals surface area (Å²) in [6.07, 6.45) is -3.58. The number of nitrogens with one attached hydrogen (secondary N) is 1. The Morgan fingerprint density at radius 1 is 1.10 bits per heavy atom. The minimum Gasteiger partial charge on any atom is -0.493 e. The predicted octanol–water partition coefficient (Wildman–Crippen LogP) is 5.79. The third kappa shape index (κ3) is 7.22. The van der Waals surface area contributed by atoms with E-state index in [9.17, 15) is 26.4 Å². The summed E-state index contributed by atoms with van der Waals surface area (Å²) in [5, 5.41) is 3.22. The number of nitrogens with zero attached hydrogens (tertiary/aromatic N) is 2. The van der Waals surface area contributed by atoms with E-state index < -0.39 is 44.9 Å². The van der Waals surface area contributed by atoms with Gasteiger partial charge in [-0.2, -0.15) is 18.3 Å². The number of aryl methyl sites for hydroxylation is 1. The summed E-state index contributed by atoms with van der Waals surface area (Å²) >= 11 is 9.05. The summed E-state index contributed by atoms with van der Waals surface area (Å²) in [6.45, 7) is 0.869. The average Bonchev–Trinajstić information content (AvgIpc) is 2.87. The Balaban J connectivity index is 1.94. The van der Waals surface area contributed by atoms with Crippen molar-refractivity contribution >= 4 is 55.4 Å². The number of amides is 1. The normalized spacial score (nSPS) is 11.9. The van der Waals surface area contributed by atoms with Gasteiger partial charge in [0, 0.05) is 0 Å². The maximum absolute atomic E-state index is 13.5. The molecule has 0 aliphatic heterocycles. The summed E-state index contributed by atoms with van der Waals surface area (Å²) in [6, 6.07) is 11.4. The first-order chi connectivity index (χ1) is 18.3. The van der Waals surface area contributed by atoms with Crippen LogP contribution in [0.5, 0.6) is 11.5 Å². The molecule has 3 aromatic rings. The predicted molar refractivity (Wildman–Crippen MR) is 145 cm³/mol. The van der Waals surface area contributed by atoms with Crippen molar-refractivity contribution in [1.29, 1.82) is 0 Å². The third-order valence-electron chi connectivity index (χ3n) is 5.30. The summed E-state index contributed by atoms with van der Waals surface area (Å²) in [7, 11) is -1.56. The molecule has 39 heavy (non-hydrogen) atoms. The van der Waals surface area contributed by atoms with Gasteiger partial charge >= 0.3 is 6.18 Å². The van der Waals surface area contributed by atoms with Gasteiger partial charge in [0.2, 0.25) is 0 Å². The molecule has 0 aliphatic rings. The molecule has 0 unspecified atom stereocenters. The number of carbonyl (C=O) groups is 1. The van der Waals surface area contributed by atoms with Crippen molar-refractivity contribution < 1.29 is 35.9 Å². The van der Waals surface area contributed by atoms with Crippen LogP contribution in [0.3, 0.4) is 0 Å². The molecule has 0 saturated heterocycles. The van der Waals surface area contributed by atoms with Crippen LogP contribution in [0.15, 0.2) is 69.1 Å². The van der Waals surface area contributed by atoms with Crippen molar-refractivity contribution in [2.75, 3.05) is 25.1 Å². The monoisotopic (exact) mass is 647 g/mol. The van der Waals surface area contributed by atoms with Gasteiger partial charge in [0.1, 0.15) is 6.54 Å². The second-order valence-electron chi connectivity index (χ2n) is 8.02. The Bertz CT molecular complexity index is 1500. The van der Waals surface area contributed by atoms with Gasteiger partial charge in [0.05, 0.1) is 46.1 Å². The molecule has 0 aromatic heterocycles. The molecule has 0 heterocycles. The number of hydrogen-bond acceptors (Lipinski definition) is 6. The van der Waals surface area contributed by atoms with Crippen molar-refractivity contribution in [2.24, 2.45) is 5.10 Å². The molecule has 0 spiro atoms. The van der Waals surface area contributed by atoms with E-state index in [1.54, 1.807) is 19.1 Å². The lowest BCUT2D eigenvalue weighted by Gasteiger charge is -2.25. The van der Waals surface area contributed by atoms with Crippen LogP contribution in [0.4, 0.5) is 18.9 Å². The summed E-state index contributed by atoms with van der Waals surface area (Å²) in [5.74, 6) is -0.0833. The number of methoxy groups -OCH3 is 2. The third-order valence-corrected chi connectivity index (χ3v) is 8.00. The van der Waals surface area contributed by atoms with Gasteiger partial charge in [-0.15, -0.1) is 0 Å². The van der Waals surface area contributed by atoms with E-state index in [1.165, 1.54) is 44.7 Å². The van der Waals surface area contributed by atoms with Gasteiger partial charge in [-0.1, -0.05) is 29.3 Å². The van der Waals surface area contributed by atoms with E-state index in [0.717, 1.165) is 17.7 Å². The first-order valence-electron chi connectivity index (χ1n) is 11.0. The van der Waals surface area contributed by atoms with Crippen molar-refractivity contribution in [2.45, 2.75) is 18.0 Å². The fourth-order valence-electron chi connectivity index (χ4n) is 3.40. The molecule has 0 fully saturated rings. The molecule has 0 radical (unpaired) electrons. The lowest BCUT2D eigenvalue weighted by Crippen LogP contribution is -2.39. The molecule has 1 N–H and O–H groups in total. The van der Waals surface area contributed by atoms with E-state index in [4.69, 9.17) is 21.1 Å². The van der Waals surface area contributed by atoms with Crippen LogP contribution in [0, 0.1) is 6.92 Å². The first kappa shape index (κ1) is 30.3. The number of anilines is 1. The zero-order valence-electron chi connectivity index (χ0n) is 20.7. The highest BCUT2D eigenvalue weighted by Gasteiger charge is 2.35. The highest BCUT2D eigenvalue weighted by molar-refractivity contribution is 9.10. The van der Waals surface area contributed by atoms with Crippen molar-refractivity contribution in [3.8, 4) is 11.5 Å². The lowest BCUT2D eigenvalue weighted by atomic mass is 10.2. The molecule has 0 bridgehead atoms. The maximum atomic E-state index is 13.5. The van der Waals surface area contributed by atoms with Crippen molar-refractivity contribution in [1.82, 2.24) is 5.43 Å². The Hall–Kier alpha value is -3.29. The second kappa shape index (κ2) is 12.3. The summed E-state index contributed by atoms with van der Waals surface area (Å²) in [4.78, 5) is 12.5. The van der Waals surface area contributed by atoms with Crippen LogP contribution < -0.4 is 19.2 Å². The van der Waals surface area contributed by atoms with Crippen LogP contribution in [0.1, 0.15) is 16.7 Å². The van der Waals surface area contributed by atoms with E-state index in [2.05, 4.69) is 26.5 Å². The number of hydrogen-bond donors (Lipinski definition) is 1. The van der Waals surface area contributed by atoms with Crippen LogP contribution in [0.2, 0.25) is 5.02 Å². The minimum absolute atomic E-state index is 0.219. The van der Waals surface area contributed by atoms with E-state index in [0.29, 0.717) is 31.9 Å². The number of alkyl halides is 3. The molecule has 0 aliphatic carbocycles. The quantitative estimate of drug-likeness (QED) is 0.234. The summed E-state index contributed by atoms with van der Waals surface area (Å²) < 4.78 is 79.0. The standard InChI is InChI=1S/C25H22BrClF3N3O5S/c1-15-4-7-18(8-5-15)39(35,36)33(17-6-9-21(27)19(12-17)25(28,29)30)14-23(34)32-31-13-16-10-20(26)24(38-3)22(11-16)37-2/h4-13H,14H2,1-3H3,(H,32,34)/b31-13-. The van der Waals surface area contributed by atoms with Crippen molar-refractivity contribution in [3.05, 3.63) is 80.8 Å². The maximum Gasteiger partial charge on any atom is 0.417 e. The first-order valence-corrected chi connectivity index (χ1v) is 13.6. The van der Waals surface area contributed by atoms with Gasteiger partial charge < -0.3 is 9.47 Å². The van der Waals surface area contributed by atoms with Crippen LogP contribution in [-0.4, -0.2) is 41.3 Å². The number of ether oxygens (including phenoxy) is 2. The molecular formula is C25H22BrClF3N3O5S. The van der Waals surface area contributed by atoms with E-state index in [1.807, 2.05) is 0 Å². The molecule has 3 rings (SSSR count). The van der Waals surface area contributed by atoms with Crippen LogP contribution >= 0.6 is 27.5 Å². The molecule has 8 nitrogen and oxygen atoms in total. The Labute approximate surface area is 236 Å². The molecule has 3 aromatic carbocycles. The minimum atomic E-state index is -4.85. The van der Waals surface area contributed by atoms with Gasteiger partial charge in [-0.3, -0.25) is 9.10 Å². The zero-order valence-corrected chi connectivity index (χ0v) is 23.9. The molecule has 14 heteroatoms. The molecule has 1 amide bonds. The average molecular weight is 649 g/mol. The van der Waals surface area contributed by atoms with Gasteiger partial charge in [0.25, 0.3) is 15.9 Å². The number of carbonyl (C=O) groups excluding carboxylic acids is 1. The molecule has 0 saturated carbocycles. The molecule has 208 valence electrons. The topological polar surface area (TPSA) is 97.3 Å². The fraction of sp³-hybridized carbons (Fsp3) is 0.200. The Morgan fingerprint density at radius 2 is 1.77 bits per heavy atom. The fourth-order valence-corrected chi connectivity index (χ4v) is 5.65. The lowest BCUT2D eigenvalue weighted by molar-refractivity contribution is -0.137. The number of halogens is 5. The molecular weight excluding hydrogens is 627 g/mol. The second-order valence-corrected chi connectivity index (χ2v) is 11.1. The largest absolute Gasteiger partial charge is 0.493 e. The number of hydrazone groups is 1. The van der Waals surface area contributed by atoms with Crippen molar-refractivity contribution in [3.63, 3.8) is 0 Å². The van der Waals surface area contributed by atoms with Gasteiger partial charge in [0.15, 0.2) is 11.5 Å². The van der Waals surface area contributed by atoms with E-state index in [-0.39, 0.29) is 4.90 Å². The van der Waals surface area contributed by atoms with Crippen LogP contribution in [0.25, 0.3) is 0 Å². The Kier molecular flexibility index (Phi) is 9.51. The Morgan fingerprint density at radius 3 is 2.36 bits per heavy atom. The number of benzene rings is 3. The molecule has 0 atom stereocenters. The van der Waals surface area contributed by atoms with E-state index >= 15 is 0 Å². The highest BCUT2D eigenvalue weighted by atomic mass is 79.9.